The Kier molecular flexibility index (Phi) is 9.75. The van der Waals surface area contributed by atoms with Gasteiger partial charge in [0.1, 0.15) is 12.2 Å². The summed E-state index contributed by atoms with van der Waals surface area (Å²) in [5.41, 5.74) is 5.55. The van der Waals surface area contributed by atoms with Crippen LogP contribution in [0.4, 0.5) is 0 Å². The fraction of sp³-hybridized carbons (Fsp3) is 0.538. The molecule has 1 aliphatic heterocycles. The number of H-pyrrole nitrogens is 1. The summed E-state index contributed by atoms with van der Waals surface area (Å²) < 4.78 is 51.2. The average molecular weight is 613 g/mol. The van der Waals surface area contributed by atoms with E-state index in [0.717, 1.165) is 0 Å². The van der Waals surface area contributed by atoms with Gasteiger partial charge in [-0.3, -0.25) is 28.8 Å². The van der Waals surface area contributed by atoms with E-state index in [-0.39, 0.29) is 4.57 Å². The average Bonchev–Trinajstić information content (AvgIpc) is 3.02. The molecule has 0 spiro atoms. The number of aromatic amines is 1. The van der Waals surface area contributed by atoms with Crippen molar-refractivity contribution < 1.29 is 71.0 Å². The smallest absolute Gasteiger partial charge is 0.396 e. The Morgan fingerprint density at radius 3 is 2.29 bits per heavy atom. The third-order valence-electron chi connectivity index (χ3n) is 4.67. The summed E-state index contributed by atoms with van der Waals surface area (Å²) in [4.78, 5) is 86.4. The lowest BCUT2D eigenvalue weighted by molar-refractivity contribution is -0.132. The summed E-state index contributed by atoms with van der Waals surface area (Å²) in [6.45, 7) is -2.34. The number of amides is 1. The van der Waals surface area contributed by atoms with Crippen molar-refractivity contribution in [3.8, 4) is 5.75 Å². The van der Waals surface area contributed by atoms with E-state index in [9.17, 15) is 52.9 Å². The highest BCUT2D eigenvalue weighted by Gasteiger charge is 2.59. The van der Waals surface area contributed by atoms with Crippen LogP contribution in [0.25, 0.3) is 0 Å². The molecule has 1 fully saturated rings. The number of hydrogen-bond donors (Lipinski definition) is 10. The Morgan fingerprint density at radius 2 is 1.76 bits per heavy atom. The molecule has 6 atom stereocenters. The molecule has 1 aromatic rings. The monoisotopic (exact) mass is 613 g/mol. The maximum absolute atomic E-state index is 12.8. The third-order valence-corrected chi connectivity index (χ3v) is 8.42. The molecule has 2 rings (SSSR count). The fourth-order valence-electron chi connectivity index (χ4n) is 3.08. The first-order valence-corrected chi connectivity index (χ1v) is 14.2. The Balaban J connectivity index is 2.49. The van der Waals surface area contributed by atoms with Gasteiger partial charge in [-0.2, -0.15) is 8.62 Å². The molecule has 25 heteroatoms. The van der Waals surface area contributed by atoms with Crippen LogP contribution in [0.5, 0.6) is 5.75 Å². The number of aromatic nitrogens is 2. The van der Waals surface area contributed by atoms with Gasteiger partial charge in [0.25, 0.3) is 5.56 Å². The second-order valence-corrected chi connectivity index (χ2v) is 11.7. The van der Waals surface area contributed by atoms with Crippen molar-refractivity contribution in [2.75, 3.05) is 19.7 Å². The van der Waals surface area contributed by atoms with Crippen LogP contribution in [-0.4, -0.2) is 88.5 Å². The van der Waals surface area contributed by atoms with Gasteiger partial charge in [-0.25, -0.2) is 18.5 Å². The number of phosphoric ester groups is 1. The van der Waals surface area contributed by atoms with Crippen LogP contribution in [0.2, 0.25) is 0 Å². The minimum absolute atomic E-state index is 0.267. The Labute approximate surface area is 209 Å². The number of carbonyl (C=O) groups is 2. The van der Waals surface area contributed by atoms with Gasteiger partial charge in [-0.05, 0) is 0 Å². The summed E-state index contributed by atoms with van der Waals surface area (Å²) >= 11 is 0. The van der Waals surface area contributed by atoms with Crippen molar-refractivity contribution in [1.29, 1.82) is 0 Å². The van der Waals surface area contributed by atoms with Crippen molar-refractivity contribution in [1.82, 2.24) is 14.9 Å². The zero-order chi connectivity index (χ0) is 29.3. The first-order chi connectivity index (χ1) is 17.3. The number of ketones is 1. The lowest BCUT2D eigenvalue weighted by Crippen LogP contribution is -2.63. The van der Waals surface area contributed by atoms with Crippen LogP contribution in [0.15, 0.2) is 15.8 Å². The van der Waals surface area contributed by atoms with Crippen LogP contribution in [0, 0.1) is 0 Å². The topological polar surface area (TPSA) is 363 Å². The number of aliphatic hydroxyl groups is 2. The predicted molar refractivity (Wildman–Crippen MR) is 117 cm³/mol. The standard InChI is InChI=1S/C13H22N5O17P3/c14-1-8(21)16-2-7(20)13(15)9(22)6(4-19)32-11(13)18-3-5(10(23)17-12(18)24)33-37(28,29)35-38(30,31)34-36(25,26)27/h3,6,9,11,19,22H,1-2,4,14-15H2,(H,16,21)(H,28,29)(H,30,31)(H,17,23,24)(H2,25,26,27)/t6-,9-,11-,13-/m1/s1. The molecule has 38 heavy (non-hydrogen) atoms. The van der Waals surface area contributed by atoms with E-state index in [1.165, 1.54) is 0 Å². The first-order valence-electron chi connectivity index (χ1n) is 9.68. The van der Waals surface area contributed by atoms with Crippen molar-refractivity contribution in [2.24, 2.45) is 11.5 Å². The molecule has 0 aromatic carbocycles. The quantitative estimate of drug-likeness (QED) is 0.0984. The second kappa shape index (κ2) is 11.5. The van der Waals surface area contributed by atoms with Gasteiger partial charge in [-0.15, -0.1) is 0 Å². The van der Waals surface area contributed by atoms with Crippen LogP contribution in [0.3, 0.4) is 0 Å². The lowest BCUT2D eigenvalue weighted by Gasteiger charge is -2.31. The lowest BCUT2D eigenvalue weighted by atomic mass is 9.86. The summed E-state index contributed by atoms with van der Waals surface area (Å²) in [5, 5.41) is 22.1. The number of nitrogens with zero attached hydrogens (tertiary/aromatic N) is 1. The summed E-state index contributed by atoms with van der Waals surface area (Å²) in [6.07, 6.45) is -5.42. The number of phosphoric acid groups is 3. The molecule has 1 saturated heterocycles. The molecule has 0 saturated carbocycles. The summed E-state index contributed by atoms with van der Waals surface area (Å²) in [6, 6.07) is 0. The third kappa shape index (κ3) is 7.50. The predicted octanol–water partition coefficient (Wildman–Crippen LogP) is -5.17. The van der Waals surface area contributed by atoms with E-state index in [1.54, 1.807) is 4.98 Å². The molecule has 1 aromatic heterocycles. The first kappa shape index (κ1) is 32.1. The van der Waals surface area contributed by atoms with Gasteiger partial charge < -0.3 is 50.9 Å². The Bertz CT molecular complexity index is 1340. The van der Waals surface area contributed by atoms with Gasteiger partial charge in [-0.1, -0.05) is 0 Å². The number of aliphatic hydroxyl groups excluding tert-OH is 2. The van der Waals surface area contributed by atoms with Crippen LogP contribution < -0.4 is 32.6 Å². The van der Waals surface area contributed by atoms with Crippen molar-refractivity contribution >= 4 is 35.2 Å². The molecule has 1 amide bonds. The zero-order valence-corrected chi connectivity index (χ0v) is 21.2. The Hall–Kier alpha value is -2.13. The van der Waals surface area contributed by atoms with E-state index in [4.69, 9.17) is 26.0 Å². The molecule has 2 heterocycles. The van der Waals surface area contributed by atoms with E-state index >= 15 is 0 Å². The van der Waals surface area contributed by atoms with Crippen molar-refractivity contribution in [3.05, 3.63) is 27.0 Å². The molecule has 2 unspecified atom stereocenters. The minimum Gasteiger partial charge on any atom is -0.396 e. The minimum atomic E-state index is -5.98. The van der Waals surface area contributed by atoms with E-state index in [2.05, 4.69) is 18.5 Å². The highest BCUT2D eigenvalue weighted by molar-refractivity contribution is 7.66. The second-order valence-electron chi connectivity index (χ2n) is 7.33. The SMILES string of the molecule is NCC(=O)NCC(=O)[C@@]1(N)[C@H](O)[C@@H](CO)O[C@H]1n1cc(OP(=O)(O)OP(=O)(O)OP(=O)(O)O)c(=O)[nH]c1=O. The normalized spacial score (nSPS) is 26.8. The zero-order valence-electron chi connectivity index (χ0n) is 18.5. The number of carbonyl (C=O) groups excluding carboxylic acids is 2. The number of hydrogen-bond acceptors (Lipinski definition) is 15. The number of rotatable bonds is 12. The molecular weight excluding hydrogens is 591 g/mol. The number of nitrogens with one attached hydrogen (secondary N) is 2. The van der Waals surface area contributed by atoms with Gasteiger partial charge >= 0.3 is 29.2 Å². The Morgan fingerprint density at radius 1 is 1.16 bits per heavy atom. The molecule has 1 aliphatic rings. The van der Waals surface area contributed by atoms with E-state index in [0.29, 0.717) is 6.20 Å². The number of nitrogens with two attached hydrogens (primary N) is 2. The fourth-order valence-corrected chi connectivity index (χ4v) is 6.10. The van der Waals surface area contributed by atoms with Crippen LogP contribution in [-0.2, 0) is 36.6 Å². The van der Waals surface area contributed by atoms with Gasteiger partial charge in [0, 0.05) is 0 Å². The molecule has 0 aliphatic carbocycles. The van der Waals surface area contributed by atoms with Crippen molar-refractivity contribution in [2.45, 2.75) is 24.0 Å². The molecule has 22 nitrogen and oxygen atoms in total. The highest BCUT2D eigenvalue weighted by atomic mass is 31.3. The number of ether oxygens (including phenoxy) is 1. The summed E-state index contributed by atoms with van der Waals surface area (Å²) in [7, 11) is -17.6. The molecule has 0 bridgehead atoms. The molecular formula is C13H22N5O17P3. The molecule has 216 valence electrons. The molecule has 0 radical (unpaired) electrons. The largest absolute Gasteiger partial charge is 0.536 e. The van der Waals surface area contributed by atoms with Gasteiger partial charge in [0.15, 0.2) is 17.6 Å². The van der Waals surface area contributed by atoms with E-state index < -0.39 is 95.8 Å². The van der Waals surface area contributed by atoms with Crippen LogP contribution in [0.1, 0.15) is 6.23 Å². The highest BCUT2D eigenvalue weighted by Crippen LogP contribution is 2.65. The molecule has 12 N–H and O–H groups in total. The van der Waals surface area contributed by atoms with Gasteiger partial charge in [0.2, 0.25) is 11.7 Å². The number of Topliss-reactive ketones (excluding diaryl/α,β-unsaturated/α-hetero) is 1. The maximum atomic E-state index is 12.8. The maximum Gasteiger partial charge on any atom is 0.536 e. The summed E-state index contributed by atoms with van der Waals surface area (Å²) in [5.74, 6) is -3.33. The van der Waals surface area contributed by atoms with Gasteiger partial charge in [0.05, 0.1) is 25.9 Å². The van der Waals surface area contributed by atoms with Crippen molar-refractivity contribution in [3.63, 3.8) is 0 Å². The van der Waals surface area contributed by atoms with Crippen LogP contribution >= 0.6 is 23.5 Å². The van der Waals surface area contributed by atoms with E-state index in [1.807, 2.05) is 0 Å².